The number of benzene rings is 1. The summed E-state index contributed by atoms with van der Waals surface area (Å²) in [6.45, 7) is 1.46. The Bertz CT molecular complexity index is 1630. The van der Waals surface area contributed by atoms with Crippen molar-refractivity contribution in [2.75, 3.05) is 39.7 Å². The number of rotatable bonds is 9. The first-order valence-electron chi connectivity index (χ1n) is 12.5. The number of hydrogen-bond acceptors (Lipinski definition) is 8. The van der Waals surface area contributed by atoms with Crippen LogP contribution in [-0.4, -0.2) is 85.0 Å². The fraction of sp³-hybridized carbons (Fsp3) is 0.346. The second-order valence-electron chi connectivity index (χ2n) is 10.1. The molecule has 0 saturated heterocycles. The number of carbonyl (C=O) groups excluding carboxylic acids is 1. The van der Waals surface area contributed by atoms with Gasteiger partial charge in [-0.05, 0) is 61.7 Å². The number of nitro groups is 1. The Hall–Kier alpha value is -3.20. The molecule has 3 N–H and O–H groups in total. The average molecular weight is 627 g/mol. The highest BCUT2D eigenvalue weighted by molar-refractivity contribution is 7.93. The lowest BCUT2D eigenvalue weighted by Crippen LogP contribution is -2.42. The van der Waals surface area contributed by atoms with E-state index in [1.54, 1.807) is 11.0 Å². The van der Waals surface area contributed by atoms with Crippen LogP contribution in [0.1, 0.15) is 16.9 Å². The Labute approximate surface area is 247 Å². The summed E-state index contributed by atoms with van der Waals surface area (Å²) in [6, 6.07) is 6.61. The highest BCUT2D eigenvalue weighted by Crippen LogP contribution is 2.46. The molecule has 1 aliphatic heterocycles. The predicted molar refractivity (Wildman–Crippen MR) is 155 cm³/mol. The number of likely N-dealkylation sites (N-methyl/N-ethyl adjacent to an activating group) is 1. The van der Waals surface area contributed by atoms with E-state index in [9.17, 15) is 23.3 Å². The quantitative estimate of drug-likeness (QED) is 0.166. The molecule has 1 aromatic heterocycles. The van der Waals surface area contributed by atoms with E-state index in [1.807, 2.05) is 37.2 Å². The number of H-pyrrole nitrogens is 1. The van der Waals surface area contributed by atoms with Crippen molar-refractivity contribution in [1.82, 2.24) is 19.7 Å². The van der Waals surface area contributed by atoms with E-state index in [0.29, 0.717) is 18.1 Å². The van der Waals surface area contributed by atoms with Gasteiger partial charge in [-0.2, -0.15) is 0 Å². The van der Waals surface area contributed by atoms with Crippen LogP contribution in [0.4, 0.5) is 0 Å². The van der Waals surface area contributed by atoms with Gasteiger partial charge in [0.15, 0.2) is 0 Å². The van der Waals surface area contributed by atoms with E-state index in [1.165, 1.54) is 23.1 Å². The summed E-state index contributed by atoms with van der Waals surface area (Å²) in [6.07, 6.45) is 3.89. The van der Waals surface area contributed by atoms with Crippen LogP contribution in [0.25, 0.3) is 10.9 Å². The van der Waals surface area contributed by atoms with E-state index < -0.39 is 26.9 Å². The number of amides is 1. The number of aromatic amines is 1. The second-order valence-corrected chi connectivity index (χ2v) is 12.0. The van der Waals surface area contributed by atoms with Crippen LogP contribution in [0.5, 0.6) is 5.75 Å². The Morgan fingerprint density at radius 1 is 1.34 bits per heavy atom. The zero-order valence-electron chi connectivity index (χ0n) is 22.2. The molecule has 41 heavy (non-hydrogen) atoms. The molecule has 12 nitrogen and oxygen atoms in total. The van der Waals surface area contributed by atoms with E-state index in [-0.39, 0.29) is 53.3 Å². The zero-order chi connectivity index (χ0) is 28.8. The van der Waals surface area contributed by atoms with Crippen LogP contribution in [-0.2, 0) is 10.0 Å². The summed E-state index contributed by atoms with van der Waals surface area (Å²) in [4.78, 5) is 33.0. The molecule has 0 radical (unpaired) electrons. The van der Waals surface area contributed by atoms with Gasteiger partial charge in [-0.3, -0.25) is 14.9 Å². The Morgan fingerprint density at radius 2 is 2.10 bits per heavy atom. The van der Waals surface area contributed by atoms with Gasteiger partial charge >= 0.3 is 0 Å². The average Bonchev–Trinajstić information content (AvgIpc) is 3.53. The molecule has 2 atom stereocenters. The van der Waals surface area contributed by atoms with Gasteiger partial charge in [0.05, 0.1) is 22.3 Å². The summed E-state index contributed by atoms with van der Waals surface area (Å²) >= 11 is 6.29. The van der Waals surface area contributed by atoms with Crippen LogP contribution in [0.3, 0.4) is 0 Å². The summed E-state index contributed by atoms with van der Waals surface area (Å²) < 4.78 is 30.1. The first-order chi connectivity index (χ1) is 19.0. The third-order valence-corrected chi connectivity index (χ3v) is 8.79. The van der Waals surface area contributed by atoms with Crippen molar-refractivity contribution in [1.29, 1.82) is 0 Å². The Morgan fingerprint density at radius 3 is 2.76 bits per heavy atom. The smallest absolute Gasteiger partial charge is 0.271 e. The van der Waals surface area contributed by atoms with Crippen molar-refractivity contribution in [3.05, 3.63) is 85.6 Å². The highest BCUT2D eigenvalue weighted by Gasteiger charge is 2.47. The minimum Gasteiger partial charge on any atom is -0.492 e. The molecule has 0 saturated carbocycles. The highest BCUT2D eigenvalue weighted by atomic mass is 35.5. The molecule has 0 bridgehead atoms. The van der Waals surface area contributed by atoms with Crippen molar-refractivity contribution in [2.24, 2.45) is 5.92 Å². The standard InChI is InChI=1S/C26H28ClN5O7S.ClH/c1-30(2)7-8-39-17-3-6-21-15(9-17)10-22(28-21)26(33)31-14-16(13-27)25-19-5-4-18(40(37,38)29-34)11-20(19)23(32(35)36)12-24(25)31;/h3-6,9-11,19,24,28-29,34H,7-8,12-14H2,1-2H3;1H. The zero-order valence-corrected chi connectivity index (χ0v) is 24.6. The molecule has 220 valence electrons. The largest absolute Gasteiger partial charge is 0.492 e. The maximum atomic E-state index is 13.8. The number of halogens is 2. The third-order valence-electron chi connectivity index (χ3n) is 7.35. The maximum absolute atomic E-state index is 13.8. The molecule has 1 amide bonds. The number of alkyl halides is 1. The van der Waals surface area contributed by atoms with Crippen LogP contribution in [0.2, 0.25) is 0 Å². The van der Waals surface area contributed by atoms with Crippen molar-refractivity contribution in [2.45, 2.75) is 12.5 Å². The van der Waals surface area contributed by atoms with Crippen molar-refractivity contribution >= 4 is 50.8 Å². The van der Waals surface area contributed by atoms with E-state index >= 15 is 0 Å². The molecule has 2 aromatic rings. The number of ether oxygens (including phenoxy) is 1. The molecule has 2 aliphatic carbocycles. The molecule has 15 heteroatoms. The maximum Gasteiger partial charge on any atom is 0.271 e. The van der Waals surface area contributed by atoms with Gasteiger partial charge in [0.2, 0.25) is 0 Å². The predicted octanol–water partition coefficient (Wildman–Crippen LogP) is 3.20. The Kier molecular flexibility index (Phi) is 8.97. The van der Waals surface area contributed by atoms with Crippen LogP contribution < -0.4 is 9.62 Å². The normalized spacial score (nSPS) is 20.2. The van der Waals surface area contributed by atoms with Crippen LogP contribution >= 0.6 is 24.0 Å². The van der Waals surface area contributed by atoms with Crippen molar-refractivity contribution in [3.8, 4) is 5.75 Å². The van der Waals surface area contributed by atoms with Crippen molar-refractivity contribution in [3.63, 3.8) is 0 Å². The van der Waals surface area contributed by atoms with E-state index in [2.05, 4.69) is 4.98 Å². The lowest BCUT2D eigenvalue weighted by atomic mass is 9.76. The lowest BCUT2D eigenvalue weighted by molar-refractivity contribution is -0.430. The third kappa shape index (κ3) is 5.78. The summed E-state index contributed by atoms with van der Waals surface area (Å²) in [5, 5.41) is 21.9. The number of sulfonamides is 1. The Balaban J connectivity index is 0.00000387. The number of hydrogen-bond donors (Lipinski definition) is 3. The van der Waals surface area contributed by atoms with Gasteiger partial charge in [0.1, 0.15) is 18.1 Å². The number of aromatic nitrogens is 1. The van der Waals surface area contributed by atoms with E-state index in [4.69, 9.17) is 21.5 Å². The van der Waals surface area contributed by atoms with Gasteiger partial charge < -0.3 is 24.7 Å². The summed E-state index contributed by atoms with van der Waals surface area (Å²) in [7, 11) is -0.329. The fourth-order valence-corrected chi connectivity index (χ4v) is 6.31. The SMILES string of the molecule is CN(C)CCOc1ccc2[nH]c(C(=O)N3CC(CCl)=C4C5C=CC(S(=O)(=O)NO)=CC5=C([N+](=O)[O-])CC43)cc2c1.Cl. The molecule has 0 fully saturated rings. The minimum atomic E-state index is -4.25. The first kappa shape index (κ1) is 30.8. The summed E-state index contributed by atoms with van der Waals surface area (Å²) in [5.74, 6) is -0.178. The fourth-order valence-electron chi connectivity index (χ4n) is 5.43. The van der Waals surface area contributed by atoms with Gasteiger partial charge in [-0.25, -0.2) is 8.42 Å². The van der Waals surface area contributed by atoms with Gasteiger partial charge in [0.25, 0.3) is 21.6 Å². The monoisotopic (exact) mass is 625 g/mol. The summed E-state index contributed by atoms with van der Waals surface area (Å²) in [5.41, 5.74) is 2.57. The molecule has 1 aromatic carbocycles. The number of fused-ring (bicyclic) bond motifs is 4. The molecular weight excluding hydrogens is 597 g/mol. The van der Waals surface area contributed by atoms with E-state index in [0.717, 1.165) is 28.6 Å². The molecular formula is C26H29Cl2N5O7S. The topological polar surface area (TPSA) is 158 Å². The van der Waals surface area contributed by atoms with Gasteiger partial charge in [-0.15, -0.1) is 24.0 Å². The molecule has 5 rings (SSSR count). The molecule has 0 spiro atoms. The van der Waals surface area contributed by atoms with Gasteiger partial charge in [-0.1, -0.05) is 11.0 Å². The first-order valence-corrected chi connectivity index (χ1v) is 14.5. The lowest BCUT2D eigenvalue weighted by Gasteiger charge is -2.34. The number of allylic oxidation sites excluding steroid dienone is 4. The number of carbonyl (C=O) groups is 1. The molecule has 2 heterocycles. The molecule has 2 unspecified atom stereocenters. The van der Waals surface area contributed by atoms with Gasteiger partial charge in [0, 0.05) is 41.4 Å². The number of nitrogens with one attached hydrogen (secondary N) is 2. The van der Waals surface area contributed by atoms with Crippen LogP contribution in [0.15, 0.2) is 69.8 Å². The second kappa shape index (κ2) is 12.0. The number of nitrogens with zero attached hydrogens (tertiary/aromatic N) is 3. The minimum absolute atomic E-state index is 0. The van der Waals surface area contributed by atoms with Crippen molar-refractivity contribution < 1.29 is 28.1 Å². The van der Waals surface area contributed by atoms with Crippen LogP contribution in [0, 0.1) is 16.0 Å². The molecule has 3 aliphatic rings.